The van der Waals surface area contributed by atoms with E-state index in [1.807, 2.05) is 23.7 Å². The molecule has 0 saturated carbocycles. The van der Waals surface area contributed by atoms with Gasteiger partial charge in [-0.25, -0.2) is 0 Å². The normalized spacial score (nSPS) is 10.8. The molecule has 0 aliphatic carbocycles. The number of rotatable bonds is 5. The summed E-state index contributed by atoms with van der Waals surface area (Å²) in [5, 5.41) is 5.06. The van der Waals surface area contributed by atoms with Crippen LogP contribution in [0.25, 0.3) is 0 Å². The Morgan fingerprint density at radius 3 is 2.75 bits per heavy atom. The summed E-state index contributed by atoms with van der Waals surface area (Å²) in [6.07, 6.45) is 1.24. The van der Waals surface area contributed by atoms with Gasteiger partial charge < -0.3 is 0 Å². The maximum absolute atomic E-state index is 12.4. The SMILES string of the molecule is CCc1cc(CC(=O)c2cc(Cl)ccc2I)n(CC)n1. The molecule has 3 nitrogen and oxygen atoms in total. The summed E-state index contributed by atoms with van der Waals surface area (Å²) < 4.78 is 2.82. The third kappa shape index (κ3) is 3.41. The van der Waals surface area contributed by atoms with Crippen LogP contribution in [0.3, 0.4) is 0 Å². The van der Waals surface area contributed by atoms with E-state index in [0.29, 0.717) is 17.0 Å². The van der Waals surface area contributed by atoms with E-state index in [1.54, 1.807) is 12.1 Å². The first-order chi connectivity index (χ1) is 9.55. The van der Waals surface area contributed by atoms with Crippen molar-refractivity contribution < 1.29 is 4.79 Å². The monoisotopic (exact) mass is 402 g/mol. The molecule has 0 spiro atoms. The van der Waals surface area contributed by atoms with Crippen LogP contribution in [0.1, 0.15) is 35.6 Å². The molecule has 0 amide bonds. The van der Waals surface area contributed by atoms with Gasteiger partial charge in [-0.2, -0.15) is 5.10 Å². The van der Waals surface area contributed by atoms with Gasteiger partial charge in [0.1, 0.15) is 0 Å². The molecule has 0 bridgehead atoms. The average molecular weight is 403 g/mol. The molecule has 0 aliphatic heterocycles. The summed E-state index contributed by atoms with van der Waals surface area (Å²) in [7, 11) is 0. The molecular weight excluding hydrogens is 387 g/mol. The molecule has 2 rings (SSSR count). The lowest BCUT2D eigenvalue weighted by Crippen LogP contribution is -2.10. The highest BCUT2D eigenvalue weighted by molar-refractivity contribution is 14.1. The van der Waals surface area contributed by atoms with Crippen molar-refractivity contribution >= 4 is 40.0 Å². The van der Waals surface area contributed by atoms with Crippen LogP contribution >= 0.6 is 34.2 Å². The highest BCUT2D eigenvalue weighted by Gasteiger charge is 2.15. The fourth-order valence-corrected chi connectivity index (χ4v) is 2.88. The molecule has 5 heteroatoms. The lowest BCUT2D eigenvalue weighted by atomic mass is 10.1. The van der Waals surface area contributed by atoms with E-state index < -0.39 is 0 Å². The summed E-state index contributed by atoms with van der Waals surface area (Å²) in [6, 6.07) is 7.41. The fourth-order valence-electron chi connectivity index (χ4n) is 2.07. The van der Waals surface area contributed by atoms with Gasteiger partial charge in [-0.3, -0.25) is 9.48 Å². The quantitative estimate of drug-likeness (QED) is 0.556. The molecule has 0 aliphatic rings. The summed E-state index contributed by atoms with van der Waals surface area (Å²) in [4.78, 5) is 12.4. The molecule has 106 valence electrons. The Morgan fingerprint density at radius 1 is 1.35 bits per heavy atom. The van der Waals surface area contributed by atoms with Crippen molar-refractivity contribution in [3.63, 3.8) is 0 Å². The molecular formula is C15H16ClIN2O. The number of Topliss-reactive ketones (excluding diaryl/α,β-unsaturated/α-hetero) is 1. The lowest BCUT2D eigenvalue weighted by molar-refractivity contribution is 0.0989. The zero-order valence-electron chi connectivity index (χ0n) is 11.5. The van der Waals surface area contributed by atoms with E-state index in [9.17, 15) is 4.79 Å². The molecule has 0 atom stereocenters. The third-order valence-corrected chi connectivity index (χ3v) is 4.32. The van der Waals surface area contributed by atoms with Gasteiger partial charge in [0, 0.05) is 26.4 Å². The van der Waals surface area contributed by atoms with Gasteiger partial charge in [-0.1, -0.05) is 18.5 Å². The standard InChI is InChI=1S/C15H16ClIN2O/c1-3-11-8-12(19(4-2)18-11)9-15(20)13-7-10(16)5-6-14(13)17/h5-8H,3-4,9H2,1-2H3. The summed E-state index contributed by atoms with van der Waals surface area (Å²) in [5.74, 6) is 0.0779. The van der Waals surface area contributed by atoms with E-state index in [0.717, 1.165) is 27.9 Å². The fraction of sp³-hybridized carbons (Fsp3) is 0.333. The van der Waals surface area contributed by atoms with Crippen LogP contribution < -0.4 is 0 Å². The number of hydrogen-bond donors (Lipinski definition) is 0. The second kappa shape index (κ2) is 6.72. The molecule has 2 aromatic rings. The number of nitrogens with zero attached hydrogens (tertiary/aromatic N) is 2. The maximum atomic E-state index is 12.4. The topological polar surface area (TPSA) is 34.9 Å². The van der Waals surface area contributed by atoms with Crippen molar-refractivity contribution in [2.75, 3.05) is 0 Å². The van der Waals surface area contributed by atoms with Gasteiger partial charge in [0.25, 0.3) is 0 Å². The summed E-state index contributed by atoms with van der Waals surface area (Å²) in [6.45, 7) is 4.87. The largest absolute Gasteiger partial charge is 0.294 e. The van der Waals surface area contributed by atoms with Gasteiger partial charge in [-0.05, 0) is 60.2 Å². The summed E-state index contributed by atoms with van der Waals surface area (Å²) >= 11 is 8.14. The van der Waals surface area contributed by atoms with Crippen molar-refractivity contribution in [1.82, 2.24) is 9.78 Å². The second-order valence-electron chi connectivity index (χ2n) is 4.52. The number of carbonyl (C=O) groups excluding carboxylic acids is 1. The average Bonchev–Trinajstić information content (AvgIpc) is 2.83. The Labute approximate surface area is 137 Å². The van der Waals surface area contributed by atoms with Crippen molar-refractivity contribution in [3.8, 4) is 0 Å². The van der Waals surface area contributed by atoms with E-state index >= 15 is 0 Å². The van der Waals surface area contributed by atoms with Gasteiger partial charge in [0.2, 0.25) is 0 Å². The Morgan fingerprint density at radius 2 is 2.10 bits per heavy atom. The molecule has 0 N–H and O–H groups in total. The third-order valence-electron chi connectivity index (χ3n) is 3.15. The predicted octanol–water partition coefficient (Wildman–Crippen LogP) is 4.15. The minimum atomic E-state index is 0.0779. The Balaban J connectivity index is 2.27. The van der Waals surface area contributed by atoms with E-state index in [4.69, 9.17) is 11.6 Å². The van der Waals surface area contributed by atoms with Crippen LogP contribution in [0.5, 0.6) is 0 Å². The lowest BCUT2D eigenvalue weighted by Gasteiger charge is -2.06. The number of aromatic nitrogens is 2. The Kier molecular flexibility index (Phi) is 5.21. The zero-order chi connectivity index (χ0) is 14.7. The van der Waals surface area contributed by atoms with Crippen LogP contribution in [0, 0.1) is 3.57 Å². The molecule has 1 heterocycles. The predicted molar refractivity (Wildman–Crippen MR) is 89.5 cm³/mol. The zero-order valence-corrected chi connectivity index (χ0v) is 14.4. The molecule has 1 aromatic carbocycles. The summed E-state index contributed by atoms with van der Waals surface area (Å²) in [5.41, 5.74) is 2.67. The number of ketones is 1. The van der Waals surface area contributed by atoms with Crippen LogP contribution in [0.2, 0.25) is 5.02 Å². The maximum Gasteiger partial charge on any atom is 0.169 e. The number of aryl methyl sites for hydroxylation is 2. The molecule has 0 saturated heterocycles. The van der Waals surface area contributed by atoms with Gasteiger partial charge in [0.05, 0.1) is 12.1 Å². The number of halogens is 2. The Bertz CT molecular complexity index is 637. The smallest absolute Gasteiger partial charge is 0.169 e. The van der Waals surface area contributed by atoms with E-state index in [2.05, 4.69) is 34.6 Å². The van der Waals surface area contributed by atoms with Crippen molar-refractivity contribution in [2.45, 2.75) is 33.2 Å². The van der Waals surface area contributed by atoms with E-state index in [1.165, 1.54) is 0 Å². The first-order valence-corrected chi connectivity index (χ1v) is 8.04. The van der Waals surface area contributed by atoms with Crippen molar-refractivity contribution in [2.24, 2.45) is 0 Å². The van der Waals surface area contributed by atoms with Crippen molar-refractivity contribution in [3.05, 3.63) is 49.8 Å². The van der Waals surface area contributed by atoms with Crippen LogP contribution in [-0.2, 0) is 19.4 Å². The highest BCUT2D eigenvalue weighted by Crippen LogP contribution is 2.20. The van der Waals surface area contributed by atoms with Gasteiger partial charge in [-0.15, -0.1) is 0 Å². The molecule has 0 fully saturated rings. The minimum absolute atomic E-state index is 0.0779. The molecule has 20 heavy (non-hydrogen) atoms. The number of carbonyl (C=O) groups is 1. The van der Waals surface area contributed by atoms with Gasteiger partial charge >= 0.3 is 0 Å². The van der Waals surface area contributed by atoms with Crippen LogP contribution in [-0.4, -0.2) is 15.6 Å². The van der Waals surface area contributed by atoms with Gasteiger partial charge in [0.15, 0.2) is 5.78 Å². The van der Waals surface area contributed by atoms with Crippen molar-refractivity contribution in [1.29, 1.82) is 0 Å². The second-order valence-corrected chi connectivity index (χ2v) is 6.12. The Hall–Kier alpha value is -0.880. The first-order valence-electron chi connectivity index (χ1n) is 6.59. The number of benzene rings is 1. The van der Waals surface area contributed by atoms with Crippen LogP contribution in [0.15, 0.2) is 24.3 Å². The van der Waals surface area contributed by atoms with Crippen LogP contribution in [0.4, 0.5) is 0 Å². The minimum Gasteiger partial charge on any atom is -0.294 e. The first kappa shape index (κ1) is 15.5. The van der Waals surface area contributed by atoms with E-state index in [-0.39, 0.29) is 5.78 Å². The molecule has 0 radical (unpaired) electrons. The number of hydrogen-bond acceptors (Lipinski definition) is 2. The molecule has 0 unspecified atom stereocenters. The highest BCUT2D eigenvalue weighted by atomic mass is 127. The molecule has 1 aromatic heterocycles.